The van der Waals surface area contributed by atoms with Gasteiger partial charge < -0.3 is 5.11 Å². The molecule has 1 aromatic heterocycles. The van der Waals surface area contributed by atoms with Crippen LogP contribution in [0.4, 0.5) is 0 Å². The molecule has 6 heteroatoms. The third-order valence-electron chi connectivity index (χ3n) is 6.09. The molecular formula is C17H25N3O2S. The number of hydrogen-bond donors (Lipinski definition) is 1. The number of carbonyl (C=O) groups is 1. The molecule has 2 atom stereocenters. The number of nitrogens with zero attached hydrogens (tertiary/aromatic N) is 3. The summed E-state index contributed by atoms with van der Waals surface area (Å²) in [6.07, 6.45) is 8.38. The SMILES string of the molecule is O=C(O)[C@]12CN(Cc3cncs3)C[C@H]1CN(C1CCCCC1)C2. The molecule has 1 aromatic rings. The summed E-state index contributed by atoms with van der Waals surface area (Å²) >= 11 is 1.66. The first-order valence-electron chi connectivity index (χ1n) is 8.74. The van der Waals surface area contributed by atoms with E-state index in [0.29, 0.717) is 12.6 Å². The van der Waals surface area contributed by atoms with Crippen LogP contribution in [0.25, 0.3) is 0 Å². The lowest BCUT2D eigenvalue weighted by atomic mass is 9.81. The summed E-state index contributed by atoms with van der Waals surface area (Å²) in [4.78, 5) is 22.3. The fourth-order valence-electron chi connectivity index (χ4n) is 4.90. The van der Waals surface area contributed by atoms with Crippen LogP contribution >= 0.6 is 11.3 Å². The average molecular weight is 335 g/mol. The molecule has 3 aliphatic rings. The highest BCUT2D eigenvalue weighted by Gasteiger charge is 2.58. The van der Waals surface area contributed by atoms with Crippen LogP contribution in [-0.4, -0.2) is 58.1 Å². The van der Waals surface area contributed by atoms with E-state index in [4.69, 9.17) is 0 Å². The van der Waals surface area contributed by atoms with Gasteiger partial charge in [-0.05, 0) is 12.8 Å². The van der Waals surface area contributed by atoms with Crippen molar-refractivity contribution < 1.29 is 9.90 Å². The van der Waals surface area contributed by atoms with E-state index in [0.717, 1.165) is 26.2 Å². The van der Waals surface area contributed by atoms with Gasteiger partial charge in [-0.15, -0.1) is 11.3 Å². The van der Waals surface area contributed by atoms with Crippen molar-refractivity contribution >= 4 is 17.3 Å². The predicted octanol–water partition coefficient (Wildman–Crippen LogP) is 2.29. The first kappa shape index (κ1) is 15.5. The van der Waals surface area contributed by atoms with Crippen LogP contribution in [0.1, 0.15) is 37.0 Å². The van der Waals surface area contributed by atoms with Crippen LogP contribution in [0.5, 0.6) is 0 Å². The Bertz CT molecular complexity index is 558. The molecule has 2 saturated heterocycles. The van der Waals surface area contributed by atoms with E-state index in [1.807, 2.05) is 11.7 Å². The maximum absolute atomic E-state index is 12.1. The van der Waals surface area contributed by atoms with Crippen molar-refractivity contribution in [2.45, 2.75) is 44.7 Å². The summed E-state index contributed by atoms with van der Waals surface area (Å²) in [7, 11) is 0. The molecule has 0 amide bonds. The van der Waals surface area contributed by atoms with Gasteiger partial charge in [0.1, 0.15) is 0 Å². The van der Waals surface area contributed by atoms with E-state index in [-0.39, 0.29) is 5.92 Å². The highest BCUT2D eigenvalue weighted by atomic mass is 32.1. The molecule has 0 bridgehead atoms. The van der Waals surface area contributed by atoms with Crippen LogP contribution in [0.3, 0.4) is 0 Å². The molecule has 0 spiro atoms. The molecule has 2 aliphatic heterocycles. The number of aromatic nitrogens is 1. The Kier molecular flexibility index (Phi) is 4.15. The number of carboxylic acid groups (broad SMARTS) is 1. The van der Waals surface area contributed by atoms with E-state index < -0.39 is 11.4 Å². The Morgan fingerprint density at radius 1 is 1.30 bits per heavy atom. The summed E-state index contributed by atoms with van der Waals surface area (Å²) in [5.41, 5.74) is 1.30. The summed E-state index contributed by atoms with van der Waals surface area (Å²) in [5, 5.41) is 9.97. The minimum Gasteiger partial charge on any atom is -0.481 e. The highest BCUT2D eigenvalue weighted by Crippen LogP contribution is 2.45. The van der Waals surface area contributed by atoms with Gasteiger partial charge in [-0.2, -0.15) is 0 Å². The maximum atomic E-state index is 12.1. The van der Waals surface area contributed by atoms with Crippen molar-refractivity contribution in [3.05, 3.63) is 16.6 Å². The van der Waals surface area contributed by atoms with E-state index >= 15 is 0 Å². The van der Waals surface area contributed by atoms with Crippen molar-refractivity contribution in [3.63, 3.8) is 0 Å². The number of hydrogen-bond acceptors (Lipinski definition) is 5. The quantitative estimate of drug-likeness (QED) is 0.915. The third kappa shape index (κ3) is 2.81. The fraction of sp³-hybridized carbons (Fsp3) is 0.765. The molecule has 0 aromatic carbocycles. The Hall–Kier alpha value is -0.980. The molecule has 3 fully saturated rings. The number of rotatable bonds is 4. The van der Waals surface area contributed by atoms with Crippen LogP contribution in [0.2, 0.25) is 0 Å². The van der Waals surface area contributed by atoms with Crippen molar-refractivity contribution in [2.75, 3.05) is 26.2 Å². The number of likely N-dealkylation sites (tertiary alicyclic amines) is 2. The van der Waals surface area contributed by atoms with Gasteiger partial charge in [0.15, 0.2) is 0 Å². The smallest absolute Gasteiger partial charge is 0.312 e. The topological polar surface area (TPSA) is 56.7 Å². The Labute approximate surface area is 141 Å². The van der Waals surface area contributed by atoms with Crippen molar-refractivity contribution in [1.82, 2.24) is 14.8 Å². The standard InChI is InChI=1S/C17H25N3O2S/c21-16(22)17-10-19(9-15-6-18-12-23-15)7-13(17)8-20(11-17)14-4-2-1-3-5-14/h6,12-14H,1-5,7-11H2,(H,21,22)/t13-,17-/m0/s1. The third-order valence-corrected chi connectivity index (χ3v) is 6.85. The molecule has 0 radical (unpaired) electrons. The van der Waals surface area contributed by atoms with E-state index in [2.05, 4.69) is 14.8 Å². The number of thiazole rings is 1. The first-order chi connectivity index (χ1) is 11.2. The van der Waals surface area contributed by atoms with Crippen LogP contribution in [0.15, 0.2) is 11.7 Å². The summed E-state index contributed by atoms with van der Waals surface area (Å²) < 4.78 is 0. The lowest BCUT2D eigenvalue weighted by Gasteiger charge is -2.33. The second-order valence-corrected chi connectivity index (χ2v) is 8.49. The Morgan fingerprint density at radius 3 is 2.78 bits per heavy atom. The van der Waals surface area contributed by atoms with Gasteiger partial charge in [0.05, 0.1) is 10.9 Å². The van der Waals surface area contributed by atoms with Gasteiger partial charge in [-0.3, -0.25) is 19.6 Å². The summed E-state index contributed by atoms with van der Waals surface area (Å²) in [5.74, 6) is -0.317. The zero-order chi connectivity index (χ0) is 15.9. The molecule has 1 saturated carbocycles. The van der Waals surface area contributed by atoms with E-state index in [9.17, 15) is 9.90 Å². The molecule has 1 N–H and O–H groups in total. The Balaban J connectivity index is 1.46. The molecule has 4 rings (SSSR count). The van der Waals surface area contributed by atoms with Crippen LogP contribution < -0.4 is 0 Å². The minimum absolute atomic E-state index is 0.273. The lowest BCUT2D eigenvalue weighted by Crippen LogP contribution is -2.43. The lowest BCUT2D eigenvalue weighted by molar-refractivity contribution is -0.149. The normalized spacial score (nSPS) is 33.1. The monoisotopic (exact) mass is 335 g/mol. The molecule has 0 unspecified atom stereocenters. The number of aliphatic carboxylic acids is 1. The molecule has 5 nitrogen and oxygen atoms in total. The molecule has 23 heavy (non-hydrogen) atoms. The predicted molar refractivity (Wildman–Crippen MR) is 89.4 cm³/mol. The van der Waals surface area contributed by atoms with E-state index in [1.165, 1.54) is 37.0 Å². The van der Waals surface area contributed by atoms with Gasteiger partial charge in [0.25, 0.3) is 0 Å². The van der Waals surface area contributed by atoms with Gasteiger partial charge >= 0.3 is 5.97 Å². The highest BCUT2D eigenvalue weighted by molar-refractivity contribution is 7.09. The number of carboxylic acids is 1. The van der Waals surface area contributed by atoms with Gasteiger partial charge in [0, 0.05) is 55.8 Å². The molecular weight excluding hydrogens is 310 g/mol. The van der Waals surface area contributed by atoms with Gasteiger partial charge in [-0.25, -0.2) is 0 Å². The second-order valence-electron chi connectivity index (χ2n) is 7.52. The van der Waals surface area contributed by atoms with Gasteiger partial charge in [-0.1, -0.05) is 19.3 Å². The first-order valence-corrected chi connectivity index (χ1v) is 9.62. The molecule has 3 heterocycles. The van der Waals surface area contributed by atoms with Crippen molar-refractivity contribution in [1.29, 1.82) is 0 Å². The summed E-state index contributed by atoms with van der Waals surface area (Å²) in [6.45, 7) is 4.16. The zero-order valence-electron chi connectivity index (χ0n) is 13.5. The zero-order valence-corrected chi connectivity index (χ0v) is 14.3. The average Bonchev–Trinajstić information content (AvgIpc) is 3.23. The van der Waals surface area contributed by atoms with Crippen LogP contribution in [-0.2, 0) is 11.3 Å². The van der Waals surface area contributed by atoms with Gasteiger partial charge in [0.2, 0.25) is 0 Å². The molecule has 1 aliphatic carbocycles. The fourth-order valence-corrected chi connectivity index (χ4v) is 5.53. The minimum atomic E-state index is -0.590. The largest absolute Gasteiger partial charge is 0.481 e. The summed E-state index contributed by atoms with van der Waals surface area (Å²) in [6, 6.07) is 0.625. The van der Waals surface area contributed by atoms with E-state index in [1.54, 1.807) is 11.3 Å². The van der Waals surface area contributed by atoms with Crippen molar-refractivity contribution in [2.24, 2.45) is 11.3 Å². The number of fused-ring (bicyclic) bond motifs is 1. The van der Waals surface area contributed by atoms with Crippen molar-refractivity contribution in [3.8, 4) is 0 Å². The Morgan fingerprint density at radius 2 is 2.13 bits per heavy atom. The van der Waals surface area contributed by atoms with Crippen LogP contribution in [0, 0.1) is 11.3 Å². The maximum Gasteiger partial charge on any atom is 0.312 e. The second kappa shape index (κ2) is 6.15. The molecule has 126 valence electrons.